The van der Waals surface area contributed by atoms with E-state index in [2.05, 4.69) is 4.90 Å². The summed E-state index contributed by atoms with van der Waals surface area (Å²) in [7, 11) is 0. The van der Waals surface area contributed by atoms with Gasteiger partial charge in [-0.05, 0) is 25.0 Å². The molecule has 1 aromatic carbocycles. The van der Waals surface area contributed by atoms with E-state index in [-0.39, 0.29) is 18.1 Å². The number of amides is 1. The van der Waals surface area contributed by atoms with Gasteiger partial charge in [-0.2, -0.15) is 0 Å². The second kappa shape index (κ2) is 6.50. The van der Waals surface area contributed by atoms with Crippen LogP contribution in [0.25, 0.3) is 0 Å². The Labute approximate surface area is 151 Å². The molecule has 25 heavy (non-hydrogen) atoms. The zero-order chi connectivity index (χ0) is 17.6. The lowest BCUT2D eigenvalue weighted by Crippen LogP contribution is -2.54. The number of aliphatic carboxylic acids is 1. The van der Waals surface area contributed by atoms with Crippen LogP contribution in [0, 0.1) is 11.8 Å². The van der Waals surface area contributed by atoms with Gasteiger partial charge in [0.1, 0.15) is 0 Å². The van der Waals surface area contributed by atoms with E-state index in [9.17, 15) is 14.7 Å². The van der Waals surface area contributed by atoms with Crippen LogP contribution in [0.15, 0.2) is 24.3 Å². The third kappa shape index (κ3) is 2.87. The number of piperazine rings is 1. The number of rotatable bonds is 3. The molecule has 2 bridgehead atoms. The standard InChI is InChI=1S/C18H21ClN2O4/c19-11-3-1-2-4-12(11)20-7-9-21(10-8-20)17(22)15-13-5-6-14(25-13)16(15)18(23)24/h1-4,13-16H,5-10H2,(H,23,24)/p-1/t13-,14+,15+,16+/m1/s1. The number of carboxylic acids is 1. The molecule has 3 aliphatic heterocycles. The zero-order valence-corrected chi connectivity index (χ0v) is 14.5. The second-order valence-electron chi connectivity index (χ2n) is 6.92. The van der Waals surface area contributed by atoms with Crippen LogP contribution >= 0.6 is 11.6 Å². The average Bonchev–Trinajstić information content (AvgIpc) is 3.23. The molecule has 0 unspecified atom stereocenters. The summed E-state index contributed by atoms with van der Waals surface area (Å²) < 4.78 is 5.68. The van der Waals surface area contributed by atoms with E-state index in [4.69, 9.17) is 16.3 Å². The third-order valence-electron chi connectivity index (χ3n) is 5.62. The van der Waals surface area contributed by atoms with Crippen LogP contribution in [-0.4, -0.2) is 55.2 Å². The fourth-order valence-electron chi connectivity index (χ4n) is 4.38. The Morgan fingerprint density at radius 3 is 2.32 bits per heavy atom. The number of fused-ring (bicyclic) bond motifs is 2. The fourth-order valence-corrected chi connectivity index (χ4v) is 4.63. The molecule has 0 aliphatic carbocycles. The molecule has 3 heterocycles. The van der Waals surface area contributed by atoms with E-state index in [1.165, 1.54) is 0 Å². The molecule has 7 heteroatoms. The summed E-state index contributed by atoms with van der Waals surface area (Å²) in [4.78, 5) is 28.3. The quantitative estimate of drug-likeness (QED) is 0.783. The zero-order valence-electron chi connectivity index (χ0n) is 13.8. The van der Waals surface area contributed by atoms with E-state index < -0.39 is 17.8 Å². The maximum Gasteiger partial charge on any atom is 0.229 e. The summed E-state index contributed by atoms with van der Waals surface area (Å²) in [6.07, 6.45) is 0.813. The van der Waals surface area contributed by atoms with Gasteiger partial charge in [-0.3, -0.25) is 4.79 Å². The van der Waals surface area contributed by atoms with Gasteiger partial charge in [0.25, 0.3) is 0 Å². The Balaban J connectivity index is 1.43. The molecular weight excluding hydrogens is 344 g/mol. The molecule has 1 amide bonds. The van der Waals surface area contributed by atoms with Gasteiger partial charge in [-0.15, -0.1) is 0 Å². The van der Waals surface area contributed by atoms with Crippen LogP contribution in [0.1, 0.15) is 12.8 Å². The summed E-state index contributed by atoms with van der Waals surface area (Å²) in [5.41, 5.74) is 0.965. The third-order valence-corrected chi connectivity index (χ3v) is 5.93. The van der Waals surface area contributed by atoms with Crippen LogP contribution in [0.2, 0.25) is 5.02 Å². The van der Waals surface area contributed by atoms with Crippen LogP contribution < -0.4 is 10.0 Å². The van der Waals surface area contributed by atoms with E-state index in [1.54, 1.807) is 4.90 Å². The molecular formula is C18H20ClN2O4-. The normalized spacial score (nSPS) is 31.4. The molecule has 0 spiro atoms. The first-order valence-corrected chi connectivity index (χ1v) is 9.08. The Kier molecular flexibility index (Phi) is 4.33. The first kappa shape index (κ1) is 16.7. The molecule has 0 saturated carbocycles. The number of nitrogens with zero attached hydrogens (tertiary/aromatic N) is 2. The van der Waals surface area contributed by atoms with E-state index in [0.29, 0.717) is 37.6 Å². The number of halogens is 1. The molecule has 0 radical (unpaired) electrons. The van der Waals surface area contributed by atoms with Crippen LogP contribution in [-0.2, 0) is 14.3 Å². The number of benzene rings is 1. The molecule has 3 saturated heterocycles. The smallest absolute Gasteiger partial charge is 0.229 e. The van der Waals surface area contributed by atoms with Gasteiger partial charge in [-0.25, -0.2) is 0 Å². The van der Waals surface area contributed by atoms with Crippen molar-refractivity contribution in [3.63, 3.8) is 0 Å². The maximum atomic E-state index is 12.9. The highest BCUT2D eigenvalue weighted by atomic mass is 35.5. The fraction of sp³-hybridized carbons (Fsp3) is 0.556. The topological polar surface area (TPSA) is 72.9 Å². The Morgan fingerprint density at radius 1 is 1.04 bits per heavy atom. The van der Waals surface area contributed by atoms with Crippen molar-refractivity contribution >= 4 is 29.2 Å². The van der Waals surface area contributed by atoms with Crippen molar-refractivity contribution in [2.75, 3.05) is 31.1 Å². The number of hydrogen-bond donors (Lipinski definition) is 0. The Morgan fingerprint density at radius 2 is 1.68 bits per heavy atom. The minimum atomic E-state index is -1.17. The number of carboxylic acid groups (broad SMARTS) is 1. The van der Waals surface area contributed by atoms with Gasteiger partial charge in [0, 0.05) is 38.1 Å². The lowest BCUT2D eigenvalue weighted by molar-refractivity contribution is -0.314. The van der Waals surface area contributed by atoms with Crippen LogP contribution in [0.3, 0.4) is 0 Å². The number of hydrogen-bond acceptors (Lipinski definition) is 5. The second-order valence-corrected chi connectivity index (χ2v) is 7.33. The molecule has 4 rings (SSSR count). The van der Waals surface area contributed by atoms with Gasteiger partial charge in [0.15, 0.2) is 0 Å². The van der Waals surface area contributed by atoms with Crippen molar-refractivity contribution in [3.05, 3.63) is 29.3 Å². The number of para-hydroxylation sites is 1. The van der Waals surface area contributed by atoms with Crippen molar-refractivity contribution in [2.45, 2.75) is 25.0 Å². The monoisotopic (exact) mass is 363 g/mol. The minimum Gasteiger partial charge on any atom is -0.550 e. The molecule has 3 aliphatic rings. The first-order chi connectivity index (χ1) is 12.1. The maximum absolute atomic E-state index is 12.9. The molecule has 0 N–H and O–H groups in total. The summed E-state index contributed by atoms with van der Waals surface area (Å²) in [5, 5.41) is 12.2. The lowest BCUT2D eigenvalue weighted by Gasteiger charge is -2.39. The lowest BCUT2D eigenvalue weighted by atomic mass is 9.78. The van der Waals surface area contributed by atoms with Gasteiger partial charge in [-0.1, -0.05) is 23.7 Å². The van der Waals surface area contributed by atoms with Crippen molar-refractivity contribution in [1.82, 2.24) is 4.90 Å². The Hall–Kier alpha value is -1.79. The predicted octanol–water partition coefficient (Wildman–Crippen LogP) is 0.532. The highest BCUT2D eigenvalue weighted by molar-refractivity contribution is 6.33. The van der Waals surface area contributed by atoms with E-state index in [1.807, 2.05) is 24.3 Å². The number of carbonyl (C=O) groups excluding carboxylic acids is 2. The highest BCUT2D eigenvalue weighted by Gasteiger charge is 2.53. The number of carbonyl (C=O) groups is 2. The minimum absolute atomic E-state index is 0.111. The molecule has 4 atom stereocenters. The summed E-state index contributed by atoms with van der Waals surface area (Å²) in [5.74, 6) is -2.69. The summed E-state index contributed by atoms with van der Waals surface area (Å²) >= 11 is 6.25. The average molecular weight is 364 g/mol. The van der Waals surface area contributed by atoms with Crippen molar-refractivity contribution in [1.29, 1.82) is 0 Å². The molecule has 3 fully saturated rings. The molecule has 134 valence electrons. The summed E-state index contributed by atoms with van der Waals surface area (Å²) in [6.45, 7) is 2.45. The van der Waals surface area contributed by atoms with E-state index >= 15 is 0 Å². The molecule has 1 aromatic rings. The van der Waals surface area contributed by atoms with Gasteiger partial charge in [0.2, 0.25) is 5.91 Å². The van der Waals surface area contributed by atoms with Crippen molar-refractivity contribution < 1.29 is 19.4 Å². The van der Waals surface area contributed by atoms with Crippen molar-refractivity contribution in [2.24, 2.45) is 11.8 Å². The predicted molar refractivity (Wildman–Crippen MR) is 90.1 cm³/mol. The molecule has 0 aromatic heterocycles. The van der Waals surface area contributed by atoms with Crippen LogP contribution in [0.4, 0.5) is 5.69 Å². The van der Waals surface area contributed by atoms with Crippen LogP contribution in [0.5, 0.6) is 0 Å². The SMILES string of the molecule is O=C([O-])[C@@H]1[C@@H](C(=O)N2CCN(c3ccccc3Cl)CC2)[C@H]2CC[C@@H]1O2. The number of ether oxygens (including phenoxy) is 1. The molecule has 6 nitrogen and oxygen atoms in total. The summed E-state index contributed by atoms with van der Waals surface area (Å²) in [6, 6.07) is 7.65. The van der Waals surface area contributed by atoms with Crippen molar-refractivity contribution in [3.8, 4) is 0 Å². The Bertz CT molecular complexity index is 689. The number of anilines is 1. The first-order valence-electron chi connectivity index (χ1n) is 8.71. The van der Waals surface area contributed by atoms with Gasteiger partial charge in [0.05, 0.1) is 28.8 Å². The largest absolute Gasteiger partial charge is 0.550 e. The van der Waals surface area contributed by atoms with Gasteiger partial charge >= 0.3 is 0 Å². The highest BCUT2D eigenvalue weighted by Crippen LogP contribution is 2.44. The van der Waals surface area contributed by atoms with Gasteiger partial charge < -0.3 is 24.4 Å². The van der Waals surface area contributed by atoms with E-state index in [0.717, 1.165) is 12.1 Å².